The van der Waals surface area contributed by atoms with Gasteiger partial charge in [0.25, 0.3) is 5.69 Å². The van der Waals surface area contributed by atoms with Gasteiger partial charge in [0, 0.05) is 24.8 Å². The molecule has 0 amide bonds. The first-order valence-electron chi connectivity index (χ1n) is 13.2. The summed E-state index contributed by atoms with van der Waals surface area (Å²) in [5.74, 6) is 2.25. The molecule has 1 fully saturated rings. The average Bonchev–Trinajstić information content (AvgIpc) is 3.01. The number of para-hydroxylation sites is 2. The first-order chi connectivity index (χ1) is 20.1. The van der Waals surface area contributed by atoms with Crippen molar-refractivity contribution >= 4 is 35.4 Å². The van der Waals surface area contributed by atoms with Crippen molar-refractivity contribution in [2.75, 3.05) is 35.8 Å². The fourth-order valence-electron chi connectivity index (χ4n) is 4.37. The van der Waals surface area contributed by atoms with Gasteiger partial charge in [0.05, 0.1) is 23.8 Å². The minimum Gasteiger partial charge on any atom is -0.493 e. The molecule has 210 valence electrons. The average molecular weight is 555 g/mol. The van der Waals surface area contributed by atoms with Gasteiger partial charge < -0.3 is 19.7 Å². The zero-order chi connectivity index (χ0) is 28.4. The third kappa shape index (κ3) is 7.24. The lowest BCUT2D eigenvalue weighted by molar-refractivity contribution is -0.385. The van der Waals surface area contributed by atoms with Crippen molar-refractivity contribution in [3.8, 4) is 11.5 Å². The molecule has 0 atom stereocenters. The number of methoxy groups -OCH3 is 1. The molecule has 2 N–H and O–H groups in total. The zero-order valence-electron chi connectivity index (χ0n) is 22.6. The summed E-state index contributed by atoms with van der Waals surface area (Å²) < 4.78 is 11.3. The first kappa shape index (κ1) is 27.3. The van der Waals surface area contributed by atoms with Crippen LogP contribution in [0.25, 0.3) is 0 Å². The van der Waals surface area contributed by atoms with Crippen molar-refractivity contribution in [1.82, 2.24) is 15.0 Å². The Kier molecular flexibility index (Phi) is 8.79. The number of aromatic nitrogens is 3. The van der Waals surface area contributed by atoms with E-state index in [0.29, 0.717) is 34.9 Å². The van der Waals surface area contributed by atoms with Crippen molar-refractivity contribution in [2.45, 2.75) is 25.9 Å². The van der Waals surface area contributed by atoms with Crippen molar-refractivity contribution in [2.24, 2.45) is 5.10 Å². The molecule has 5 rings (SSSR count). The van der Waals surface area contributed by atoms with Crippen LogP contribution in [0.15, 0.2) is 77.9 Å². The second kappa shape index (κ2) is 13.2. The summed E-state index contributed by atoms with van der Waals surface area (Å²) >= 11 is 0. The Bertz CT molecular complexity index is 1510. The van der Waals surface area contributed by atoms with Crippen LogP contribution in [-0.4, -0.2) is 46.3 Å². The Morgan fingerprint density at radius 2 is 1.71 bits per heavy atom. The number of anilines is 4. The number of nitrogens with zero attached hydrogens (tertiary/aromatic N) is 6. The summed E-state index contributed by atoms with van der Waals surface area (Å²) in [6, 6.07) is 21.5. The molecule has 3 aromatic carbocycles. The molecule has 0 bridgehead atoms. The van der Waals surface area contributed by atoms with Crippen LogP contribution in [0, 0.1) is 10.1 Å². The Labute approximate surface area is 237 Å². The van der Waals surface area contributed by atoms with Gasteiger partial charge in [-0.25, -0.2) is 5.43 Å². The number of nitro benzene ring substituents is 1. The maximum absolute atomic E-state index is 11.3. The second-order valence-corrected chi connectivity index (χ2v) is 9.28. The van der Waals surface area contributed by atoms with Gasteiger partial charge in [-0.05, 0) is 61.2 Å². The molecule has 1 aliphatic heterocycles. The molecule has 1 aromatic heterocycles. The first-order valence-corrected chi connectivity index (χ1v) is 13.2. The number of nitro groups is 1. The van der Waals surface area contributed by atoms with Gasteiger partial charge in [0.15, 0.2) is 11.5 Å². The minimum absolute atomic E-state index is 0.00481. The topological polar surface area (TPSA) is 140 Å². The van der Waals surface area contributed by atoms with Crippen LogP contribution in [0.2, 0.25) is 0 Å². The third-order valence-electron chi connectivity index (χ3n) is 6.43. The number of nitrogens with one attached hydrogen (secondary N) is 2. The van der Waals surface area contributed by atoms with Crippen molar-refractivity contribution < 1.29 is 14.4 Å². The van der Waals surface area contributed by atoms with E-state index in [0.717, 1.165) is 37.2 Å². The third-order valence-corrected chi connectivity index (χ3v) is 6.43. The predicted octanol–water partition coefficient (Wildman–Crippen LogP) is 5.55. The zero-order valence-corrected chi connectivity index (χ0v) is 22.6. The molecular weight excluding hydrogens is 524 g/mol. The summed E-state index contributed by atoms with van der Waals surface area (Å²) in [5, 5.41) is 18.9. The van der Waals surface area contributed by atoms with Crippen LogP contribution in [-0.2, 0) is 6.61 Å². The van der Waals surface area contributed by atoms with Crippen LogP contribution < -0.4 is 25.1 Å². The lowest BCUT2D eigenvalue weighted by Crippen LogP contribution is -2.31. The predicted molar refractivity (Wildman–Crippen MR) is 157 cm³/mol. The molecule has 0 unspecified atom stereocenters. The van der Waals surface area contributed by atoms with Gasteiger partial charge in [0.1, 0.15) is 6.61 Å². The second-order valence-electron chi connectivity index (χ2n) is 9.28. The van der Waals surface area contributed by atoms with Gasteiger partial charge in [0.2, 0.25) is 17.8 Å². The van der Waals surface area contributed by atoms with Crippen LogP contribution in [0.1, 0.15) is 30.4 Å². The van der Waals surface area contributed by atoms with E-state index in [4.69, 9.17) is 9.47 Å². The largest absolute Gasteiger partial charge is 0.493 e. The van der Waals surface area contributed by atoms with E-state index in [-0.39, 0.29) is 12.3 Å². The van der Waals surface area contributed by atoms with Crippen LogP contribution in [0.4, 0.5) is 29.2 Å². The quantitative estimate of drug-likeness (QED) is 0.138. The van der Waals surface area contributed by atoms with E-state index >= 15 is 0 Å². The van der Waals surface area contributed by atoms with E-state index in [1.807, 2.05) is 30.3 Å². The number of hydrogen-bond donors (Lipinski definition) is 2. The standard InChI is InChI=1S/C29H30N8O4/c1-40-26-18-21(14-15-25(26)41-20-22-10-6-7-13-24(22)37(38)39)19-30-35-28-32-27(31-23-11-4-2-5-12-23)33-29(34-28)36-16-8-3-9-17-36/h2,4-7,10-15,18-19H,3,8-9,16-17,20H2,1H3,(H2,31,32,33,34,35)/b30-19-. The summed E-state index contributed by atoms with van der Waals surface area (Å²) in [7, 11) is 1.53. The molecule has 4 aromatic rings. The van der Waals surface area contributed by atoms with Gasteiger partial charge in [-0.15, -0.1) is 0 Å². The molecule has 0 saturated carbocycles. The van der Waals surface area contributed by atoms with E-state index < -0.39 is 4.92 Å². The molecule has 1 aliphatic rings. The Hall–Kier alpha value is -5.26. The maximum atomic E-state index is 11.3. The molecule has 41 heavy (non-hydrogen) atoms. The summed E-state index contributed by atoms with van der Waals surface area (Å²) in [6.07, 6.45) is 5.00. The number of hydrogen-bond acceptors (Lipinski definition) is 11. The monoisotopic (exact) mass is 554 g/mol. The molecule has 0 aliphatic carbocycles. The highest BCUT2D eigenvalue weighted by Gasteiger charge is 2.17. The van der Waals surface area contributed by atoms with Gasteiger partial charge >= 0.3 is 0 Å². The van der Waals surface area contributed by atoms with E-state index in [1.165, 1.54) is 19.6 Å². The molecular formula is C29H30N8O4. The number of piperidine rings is 1. The number of ether oxygens (including phenoxy) is 2. The number of benzene rings is 3. The summed E-state index contributed by atoms with van der Waals surface area (Å²) in [6.45, 7) is 1.81. The molecule has 2 heterocycles. The Morgan fingerprint density at radius 3 is 2.49 bits per heavy atom. The lowest BCUT2D eigenvalue weighted by atomic mass is 10.1. The van der Waals surface area contributed by atoms with Crippen molar-refractivity contribution in [3.05, 3.63) is 94.0 Å². The smallest absolute Gasteiger partial charge is 0.276 e. The van der Waals surface area contributed by atoms with Crippen LogP contribution >= 0.6 is 0 Å². The maximum Gasteiger partial charge on any atom is 0.276 e. The lowest BCUT2D eigenvalue weighted by Gasteiger charge is -2.26. The van der Waals surface area contributed by atoms with Gasteiger partial charge in [-0.3, -0.25) is 10.1 Å². The van der Waals surface area contributed by atoms with E-state index in [2.05, 4.69) is 35.7 Å². The molecule has 1 saturated heterocycles. The fraction of sp³-hybridized carbons (Fsp3) is 0.241. The molecule has 0 radical (unpaired) electrons. The number of rotatable bonds is 11. The Morgan fingerprint density at radius 1 is 0.951 bits per heavy atom. The molecule has 12 nitrogen and oxygen atoms in total. The summed E-state index contributed by atoms with van der Waals surface area (Å²) in [5.41, 5.74) is 5.00. The SMILES string of the molecule is COc1cc(/C=N\Nc2nc(Nc3ccccc3)nc(N3CCCCC3)n2)ccc1OCc1ccccc1[N+](=O)[O-]. The van der Waals surface area contributed by atoms with Crippen LogP contribution in [0.5, 0.6) is 11.5 Å². The number of hydrazone groups is 1. The normalized spacial score (nSPS) is 13.1. The highest BCUT2D eigenvalue weighted by molar-refractivity contribution is 5.81. The van der Waals surface area contributed by atoms with Gasteiger partial charge in [-0.1, -0.05) is 30.3 Å². The van der Waals surface area contributed by atoms with E-state index in [1.54, 1.807) is 42.6 Å². The van der Waals surface area contributed by atoms with E-state index in [9.17, 15) is 10.1 Å². The highest BCUT2D eigenvalue weighted by atomic mass is 16.6. The van der Waals surface area contributed by atoms with Crippen LogP contribution in [0.3, 0.4) is 0 Å². The minimum atomic E-state index is -0.425. The fourth-order valence-corrected chi connectivity index (χ4v) is 4.37. The van der Waals surface area contributed by atoms with Crippen molar-refractivity contribution in [1.29, 1.82) is 0 Å². The highest BCUT2D eigenvalue weighted by Crippen LogP contribution is 2.29. The molecule has 0 spiro atoms. The van der Waals surface area contributed by atoms with Crippen molar-refractivity contribution in [3.63, 3.8) is 0 Å². The Balaban J connectivity index is 1.29. The molecule has 12 heteroatoms. The van der Waals surface area contributed by atoms with Gasteiger partial charge in [-0.2, -0.15) is 20.1 Å². The summed E-state index contributed by atoms with van der Waals surface area (Å²) in [4.78, 5) is 26.8.